The maximum atomic E-state index is 13.8. The summed E-state index contributed by atoms with van der Waals surface area (Å²) in [7, 11) is 0. The molecule has 2 rings (SSSR count). The van der Waals surface area contributed by atoms with E-state index in [-0.39, 0.29) is 11.5 Å². The molecule has 0 saturated carbocycles. The van der Waals surface area contributed by atoms with Crippen molar-refractivity contribution in [2.45, 2.75) is 13.0 Å². The van der Waals surface area contributed by atoms with Gasteiger partial charge in [0.2, 0.25) is 5.82 Å². The zero-order chi connectivity index (χ0) is 14.2. The van der Waals surface area contributed by atoms with E-state index in [0.29, 0.717) is 10.0 Å². The number of nitrogens with zero attached hydrogens (tertiary/aromatic N) is 3. The van der Waals surface area contributed by atoms with Crippen LogP contribution in [0.25, 0.3) is 0 Å². The van der Waals surface area contributed by atoms with Crippen molar-refractivity contribution < 1.29 is 9.31 Å². The first kappa shape index (κ1) is 13.5. The lowest BCUT2D eigenvalue weighted by Gasteiger charge is -2.14. The summed E-state index contributed by atoms with van der Waals surface area (Å²) in [6.45, 7) is 1.67. The molecule has 1 aromatic heterocycles. The standard InChI is InChI=1S/C11H10BrFN4O2/c1-6(8-3-2-7(12)4-9(8)13)16-11(14)10(5-15-16)17(18)19/h2-6H,14H2,1H3. The highest BCUT2D eigenvalue weighted by Crippen LogP contribution is 2.29. The van der Waals surface area contributed by atoms with Crippen LogP contribution in [0.15, 0.2) is 28.9 Å². The zero-order valence-electron chi connectivity index (χ0n) is 9.88. The molecule has 19 heavy (non-hydrogen) atoms. The van der Waals surface area contributed by atoms with Crippen molar-refractivity contribution >= 4 is 27.4 Å². The van der Waals surface area contributed by atoms with Gasteiger partial charge in [-0.2, -0.15) is 5.10 Å². The van der Waals surface area contributed by atoms with Gasteiger partial charge >= 0.3 is 5.69 Å². The van der Waals surface area contributed by atoms with Crippen molar-refractivity contribution in [3.63, 3.8) is 0 Å². The fourth-order valence-electron chi connectivity index (χ4n) is 1.78. The number of hydrogen-bond acceptors (Lipinski definition) is 4. The number of hydrogen-bond donors (Lipinski definition) is 1. The van der Waals surface area contributed by atoms with Crippen molar-refractivity contribution in [2.75, 3.05) is 5.73 Å². The predicted octanol–water partition coefficient (Wildman–Crippen LogP) is 2.88. The fraction of sp³-hybridized carbons (Fsp3) is 0.182. The molecule has 0 radical (unpaired) electrons. The van der Waals surface area contributed by atoms with E-state index in [1.165, 1.54) is 10.7 Å². The van der Waals surface area contributed by atoms with Gasteiger partial charge in [-0.25, -0.2) is 9.07 Å². The van der Waals surface area contributed by atoms with Crippen molar-refractivity contribution in [2.24, 2.45) is 0 Å². The SMILES string of the molecule is CC(c1ccc(Br)cc1F)n1ncc([N+](=O)[O-])c1N. The highest BCUT2D eigenvalue weighted by atomic mass is 79.9. The van der Waals surface area contributed by atoms with Crippen LogP contribution in [0.4, 0.5) is 15.9 Å². The average Bonchev–Trinajstić information content (AvgIpc) is 2.70. The summed E-state index contributed by atoms with van der Waals surface area (Å²) in [4.78, 5) is 10.1. The molecule has 0 bridgehead atoms. The largest absolute Gasteiger partial charge is 0.378 e. The molecule has 0 spiro atoms. The summed E-state index contributed by atoms with van der Waals surface area (Å²) in [6.07, 6.45) is 1.06. The van der Waals surface area contributed by atoms with Gasteiger partial charge in [0, 0.05) is 10.0 Å². The number of benzene rings is 1. The topological polar surface area (TPSA) is 87.0 Å². The van der Waals surface area contributed by atoms with E-state index in [0.717, 1.165) is 6.20 Å². The Bertz CT molecular complexity index is 644. The van der Waals surface area contributed by atoms with Gasteiger partial charge in [0.25, 0.3) is 0 Å². The smallest absolute Gasteiger partial charge is 0.330 e. The lowest BCUT2D eigenvalue weighted by molar-refractivity contribution is -0.384. The van der Waals surface area contributed by atoms with Crippen molar-refractivity contribution in [3.8, 4) is 0 Å². The molecule has 1 atom stereocenters. The van der Waals surface area contributed by atoms with Gasteiger partial charge in [0.1, 0.15) is 12.0 Å². The third kappa shape index (κ3) is 2.43. The Morgan fingerprint density at radius 3 is 2.79 bits per heavy atom. The number of aromatic nitrogens is 2. The van der Waals surface area contributed by atoms with E-state index in [2.05, 4.69) is 21.0 Å². The molecular formula is C11H10BrFN4O2. The Kier molecular flexibility index (Phi) is 3.52. The third-order valence-electron chi connectivity index (χ3n) is 2.79. The van der Waals surface area contributed by atoms with E-state index in [9.17, 15) is 14.5 Å². The number of nitrogen functional groups attached to an aromatic ring is 1. The molecule has 6 nitrogen and oxygen atoms in total. The van der Waals surface area contributed by atoms with Crippen LogP contribution in [-0.2, 0) is 0 Å². The van der Waals surface area contributed by atoms with Gasteiger partial charge in [-0.05, 0) is 19.1 Å². The molecule has 0 fully saturated rings. The summed E-state index contributed by atoms with van der Waals surface area (Å²) >= 11 is 3.16. The summed E-state index contributed by atoms with van der Waals surface area (Å²) < 4.78 is 15.7. The van der Waals surface area contributed by atoms with Crippen molar-refractivity contribution in [1.29, 1.82) is 0 Å². The first-order chi connectivity index (χ1) is 8.91. The van der Waals surface area contributed by atoms with E-state index in [1.807, 2.05) is 0 Å². The van der Waals surface area contributed by atoms with Crippen LogP contribution in [0.2, 0.25) is 0 Å². The van der Waals surface area contributed by atoms with E-state index in [4.69, 9.17) is 5.73 Å². The normalized spacial score (nSPS) is 12.4. The van der Waals surface area contributed by atoms with Gasteiger partial charge in [0.15, 0.2) is 0 Å². The zero-order valence-corrected chi connectivity index (χ0v) is 11.5. The Balaban J connectivity index is 2.44. The minimum atomic E-state index is -0.622. The summed E-state index contributed by atoms with van der Waals surface area (Å²) in [5, 5.41) is 14.5. The molecule has 2 N–H and O–H groups in total. The first-order valence-corrected chi connectivity index (χ1v) is 6.13. The minimum Gasteiger partial charge on any atom is -0.378 e. The van der Waals surface area contributed by atoms with Gasteiger partial charge in [-0.1, -0.05) is 22.0 Å². The Morgan fingerprint density at radius 1 is 1.58 bits per heavy atom. The second-order valence-electron chi connectivity index (χ2n) is 3.96. The number of nitrogens with two attached hydrogens (primary N) is 1. The van der Waals surface area contributed by atoms with E-state index in [1.54, 1.807) is 19.1 Å². The van der Waals surface area contributed by atoms with E-state index >= 15 is 0 Å². The average molecular weight is 329 g/mol. The second-order valence-corrected chi connectivity index (χ2v) is 4.87. The van der Waals surface area contributed by atoms with Gasteiger partial charge in [-0.15, -0.1) is 0 Å². The molecule has 1 heterocycles. The maximum absolute atomic E-state index is 13.8. The second kappa shape index (κ2) is 4.96. The summed E-state index contributed by atoms with van der Waals surface area (Å²) in [5.41, 5.74) is 5.72. The molecule has 1 unspecified atom stereocenters. The minimum absolute atomic E-state index is 0.0974. The van der Waals surface area contributed by atoms with Gasteiger partial charge in [0.05, 0.1) is 11.0 Å². The lowest BCUT2D eigenvalue weighted by atomic mass is 10.1. The number of halogens is 2. The molecule has 100 valence electrons. The quantitative estimate of drug-likeness (QED) is 0.693. The monoisotopic (exact) mass is 328 g/mol. The van der Waals surface area contributed by atoms with E-state index < -0.39 is 16.8 Å². The highest BCUT2D eigenvalue weighted by molar-refractivity contribution is 9.10. The summed E-state index contributed by atoms with van der Waals surface area (Å²) in [5.74, 6) is -0.528. The summed E-state index contributed by atoms with van der Waals surface area (Å²) in [6, 6.07) is 4.04. The lowest BCUT2D eigenvalue weighted by Crippen LogP contribution is -2.13. The molecule has 0 aliphatic carbocycles. The Morgan fingerprint density at radius 2 is 2.26 bits per heavy atom. The molecular weight excluding hydrogens is 319 g/mol. The maximum Gasteiger partial charge on any atom is 0.330 e. The molecule has 1 aromatic carbocycles. The molecule has 8 heteroatoms. The van der Waals surface area contributed by atoms with Crippen molar-refractivity contribution in [3.05, 3.63) is 50.4 Å². The molecule has 0 saturated heterocycles. The molecule has 2 aromatic rings. The highest BCUT2D eigenvalue weighted by Gasteiger charge is 2.23. The Labute approximate surface area is 116 Å². The molecule has 0 amide bonds. The van der Waals surface area contributed by atoms with Gasteiger partial charge < -0.3 is 5.73 Å². The van der Waals surface area contributed by atoms with Crippen LogP contribution in [-0.4, -0.2) is 14.7 Å². The van der Waals surface area contributed by atoms with Crippen LogP contribution in [0.1, 0.15) is 18.5 Å². The van der Waals surface area contributed by atoms with Crippen LogP contribution in [0.3, 0.4) is 0 Å². The van der Waals surface area contributed by atoms with Crippen LogP contribution in [0, 0.1) is 15.9 Å². The predicted molar refractivity (Wildman–Crippen MR) is 71.2 cm³/mol. The number of anilines is 1. The molecule has 0 aliphatic heterocycles. The van der Waals surface area contributed by atoms with Crippen LogP contribution >= 0.6 is 15.9 Å². The van der Waals surface area contributed by atoms with Crippen molar-refractivity contribution in [1.82, 2.24) is 9.78 Å². The third-order valence-corrected chi connectivity index (χ3v) is 3.28. The fourth-order valence-corrected chi connectivity index (χ4v) is 2.12. The number of rotatable bonds is 3. The van der Waals surface area contributed by atoms with Gasteiger partial charge in [-0.3, -0.25) is 10.1 Å². The number of nitro groups is 1. The van der Waals surface area contributed by atoms with Crippen LogP contribution in [0.5, 0.6) is 0 Å². The van der Waals surface area contributed by atoms with Crippen LogP contribution < -0.4 is 5.73 Å². The molecule has 0 aliphatic rings. The first-order valence-electron chi connectivity index (χ1n) is 5.34. The Hall–Kier alpha value is -1.96.